The Morgan fingerprint density at radius 1 is 0.969 bits per heavy atom. The molecule has 0 unspecified atom stereocenters. The van der Waals surface area contributed by atoms with Crippen LogP contribution in [0.2, 0.25) is 0 Å². The van der Waals surface area contributed by atoms with E-state index < -0.39 is 10.0 Å². The van der Waals surface area contributed by atoms with Crippen LogP contribution < -0.4 is 4.72 Å². The zero-order chi connectivity index (χ0) is 23.5. The van der Waals surface area contributed by atoms with Gasteiger partial charge in [0.1, 0.15) is 5.82 Å². The number of nitrogens with one attached hydrogen (secondary N) is 1. The topological polar surface area (TPSA) is 66.5 Å². The van der Waals surface area contributed by atoms with Crippen molar-refractivity contribution in [3.8, 4) is 11.1 Å². The summed E-state index contributed by atoms with van der Waals surface area (Å²) in [5.74, 6) is -0.498. The molecule has 0 atom stereocenters. The molecule has 5 nitrogen and oxygen atoms in total. The first-order valence-electron chi connectivity index (χ1n) is 10.5. The van der Waals surface area contributed by atoms with Gasteiger partial charge in [0.15, 0.2) is 0 Å². The van der Waals surface area contributed by atoms with Crippen LogP contribution in [0, 0.1) is 19.7 Å². The van der Waals surface area contributed by atoms with Gasteiger partial charge in [-0.2, -0.15) is 0 Å². The summed E-state index contributed by atoms with van der Waals surface area (Å²) >= 11 is 0. The number of aryl methyl sites for hydroxylation is 1. The number of hydrogen-bond donors (Lipinski definition) is 1. The summed E-state index contributed by atoms with van der Waals surface area (Å²) in [5, 5.41) is 0. The summed E-state index contributed by atoms with van der Waals surface area (Å²) in [6, 6.07) is 15.9. The third kappa shape index (κ3) is 4.83. The molecule has 3 aromatic rings. The minimum atomic E-state index is -3.89. The molecular weight excluding hydrogens is 427 g/mol. The lowest BCUT2D eigenvalue weighted by molar-refractivity contribution is 0.0772. The van der Waals surface area contributed by atoms with Crippen LogP contribution in [0.5, 0.6) is 0 Å². The molecule has 0 aromatic heterocycles. The molecule has 3 aromatic carbocycles. The largest absolute Gasteiger partial charge is 0.339 e. The number of sulfonamides is 1. The third-order valence-electron chi connectivity index (χ3n) is 5.46. The molecule has 0 radical (unpaired) electrons. The molecule has 0 fully saturated rings. The maximum atomic E-state index is 14.3. The quantitative estimate of drug-likeness (QED) is 0.520. The normalized spacial score (nSPS) is 11.3. The van der Waals surface area contributed by atoms with Gasteiger partial charge >= 0.3 is 0 Å². The Balaban J connectivity index is 1.88. The molecule has 3 rings (SSSR count). The number of carbonyl (C=O) groups excluding carboxylic acids is 1. The average Bonchev–Trinajstić information content (AvgIpc) is 2.76. The van der Waals surface area contributed by atoms with E-state index in [9.17, 15) is 17.6 Å². The first-order chi connectivity index (χ1) is 15.2. The Morgan fingerprint density at radius 2 is 1.62 bits per heavy atom. The van der Waals surface area contributed by atoms with E-state index in [0.29, 0.717) is 41.0 Å². The maximum Gasteiger partial charge on any atom is 0.261 e. The van der Waals surface area contributed by atoms with E-state index in [1.165, 1.54) is 18.2 Å². The van der Waals surface area contributed by atoms with Crippen LogP contribution in [0.15, 0.2) is 65.6 Å². The third-order valence-corrected chi connectivity index (χ3v) is 6.84. The Labute approximate surface area is 188 Å². The average molecular weight is 455 g/mol. The molecule has 0 aliphatic carbocycles. The lowest BCUT2D eigenvalue weighted by Crippen LogP contribution is -2.31. The maximum absolute atomic E-state index is 14.3. The molecule has 0 bridgehead atoms. The Bertz CT molecular complexity index is 1230. The summed E-state index contributed by atoms with van der Waals surface area (Å²) < 4.78 is 42.8. The molecule has 0 aliphatic rings. The van der Waals surface area contributed by atoms with Crippen LogP contribution in [-0.2, 0) is 10.0 Å². The van der Waals surface area contributed by atoms with Crippen LogP contribution in [-0.4, -0.2) is 32.3 Å². The number of carbonyl (C=O) groups is 1. The predicted molar refractivity (Wildman–Crippen MR) is 126 cm³/mol. The van der Waals surface area contributed by atoms with Gasteiger partial charge in [-0.15, -0.1) is 0 Å². The molecule has 32 heavy (non-hydrogen) atoms. The lowest BCUT2D eigenvalue weighted by atomic mass is 10.0. The van der Waals surface area contributed by atoms with Crippen LogP contribution in [0.3, 0.4) is 0 Å². The molecule has 0 spiro atoms. The second-order valence-electron chi connectivity index (χ2n) is 7.57. The number of benzene rings is 3. The van der Waals surface area contributed by atoms with E-state index in [0.717, 1.165) is 5.56 Å². The second-order valence-corrected chi connectivity index (χ2v) is 9.25. The molecular formula is C25H27FN2O3S. The Kier molecular flexibility index (Phi) is 6.99. The van der Waals surface area contributed by atoms with Gasteiger partial charge in [-0.05, 0) is 74.7 Å². The number of anilines is 1. The zero-order valence-corrected chi connectivity index (χ0v) is 19.5. The monoisotopic (exact) mass is 454 g/mol. The summed E-state index contributed by atoms with van der Waals surface area (Å²) in [6.45, 7) is 8.46. The van der Waals surface area contributed by atoms with Crippen molar-refractivity contribution in [2.45, 2.75) is 32.6 Å². The van der Waals surface area contributed by atoms with Crippen molar-refractivity contribution in [1.82, 2.24) is 4.90 Å². The SMILES string of the molecule is CCN(CC)C(=O)c1cccc(NS(=O)(=O)c2ccc(-c3ccc(C)cc3F)cc2)c1C. The van der Waals surface area contributed by atoms with Crippen LogP contribution in [0.1, 0.15) is 35.3 Å². The van der Waals surface area contributed by atoms with Crippen LogP contribution >= 0.6 is 0 Å². The Hall–Kier alpha value is -3.19. The minimum absolute atomic E-state index is 0.0497. The molecule has 1 N–H and O–H groups in total. The highest BCUT2D eigenvalue weighted by atomic mass is 32.2. The fourth-order valence-electron chi connectivity index (χ4n) is 3.53. The molecule has 0 heterocycles. The van der Waals surface area contributed by atoms with E-state index in [4.69, 9.17) is 0 Å². The number of hydrogen-bond acceptors (Lipinski definition) is 3. The van der Waals surface area contributed by atoms with E-state index in [1.54, 1.807) is 61.2 Å². The van der Waals surface area contributed by atoms with Gasteiger partial charge < -0.3 is 4.90 Å². The van der Waals surface area contributed by atoms with Gasteiger partial charge in [0.2, 0.25) is 0 Å². The lowest BCUT2D eigenvalue weighted by Gasteiger charge is -2.21. The van der Waals surface area contributed by atoms with Crippen molar-refractivity contribution in [2.75, 3.05) is 17.8 Å². The van der Waals surface area contributed by atoms with Gasteiger partial charge in [-0.1, -0.05) is 30.3 Å². The first-order valence-corrected chi connectivity index (χ1v) is 11.9. The van der Waals surface area contributed by atoms with Crippen LogP contribution in [0.4, 0.5) is 10.1 Å². The van der Waals surface area contributed by atoms with Gasteiger partial charge in [0.05, 0.1) is 10.6 Å². The highest BCUT2D eigenvalue weighted by molar-refractivity contribution is 7.92. The summed E-state index contributed by atoms with van der Waals surface area (Å²) in [7, 11) is -3.89. The summed E-state index contributed by atoms with van der Waals surface area (Å²) in [4.78, 5) is 14.5. The van der Waals surface area contributed by atoms with Crippen LogP contribution in [0.25, 0.3) is 11.1 Å². The predicted octanol–water partition coefficient (Wildman–Crippen LogP) is 5.39. The fourth-order valence-corrected chi connectivity index (χ4v) is 4.65. The van der Waals surface area contributed by atoms with Crippen molar-refractivity contribution >= 4 is 21.6 Å². The summed E-state index contributed by atoms with van der Waals surface area (Å²) in [5.41, 5.74) is 3.17. The number of amides is 1. The van der Waals surface area contributed by atoms with Gasteiger partial charge in [-0.25, -0.2) is 12.8 Å². The summed E-state index contributed by atoms with van der Waals surface area (Å²) in [6.07, 6.45) is 0. The van der Waals surface area contributed by atoms with Crippen molar-refractivity contribution < 1.29 is 17.6 Å². The van der Waals surface area contributed by atoms with E-state index in [2.05, 4.69) is 4.72 Å². The van der Waals surface area contributed by atoms with Gasteiger partial charge in [0, 0.05) is 24.2 Å². The first kappa shape index (κ1) is 23.5. The minimum Gasteiger partial charge on any atom is -0.339 e. The highest BCUT2D eigenvalue weighted by Gasteiger charge is 2.20. The van der Waals surface area contributed by atoms with E-state index in [1.807, 2.05) is 13.8 Å². The Morgan fingerprint density at radius 3 is 2.22 bits per heavy atom. The van der Waals surface area contributed by atoms with Gasteiger partial charge in [-0.3, -0.25) is 9.52 Å². The van der Waals surface area contributed by atoms with E-state index in [-0.39, 0.29) is 16.6 Å². The number of halogens is 1. The molecule has 7 heteroatoms. The molecule has 0 saturated heterocycles. The van der Waals surface area contributed by atoms with Crippen molar-refractivity contribution in [2.24, 2.45) is 0 Å². The second kappa shape index (κ2) is 9.53. The molecule has 168 valence electrons. The number of rotatable bonds is 7. The van der Waals surface area contributed by atoms with Crippen molar-refractivity contribution in [3.63, 3.8) is 0 Å². The fraction of sp³-hybridized carbons (Fsp3) is 0.240. The standard InChI is InChI=1S/C25H27FN2O3S/c1-5-28(6-2)25(29)21-8-7-9-24(18(21)4)27-32(30,31)20-13-11-19(12-14-20)22-15-10-17(3)16-23(22)26/h7-16,27H,5-6H2,1-4H3. The smallest absolute Gasteiger partial charge is 0.261 e. The molecule has 0 saturated carbocycles. The van der Waals surface area contributed by atoms with Crippen molar-refractivity contribution in [1.29, 1.82) is 0 Å². The zero-order valence-electron chi connectivity index (χ0n) is 18.6. The van der Waals surface area contributed by atoms with Gasteiger partial charge in [0.25, 0.3) is 15.9 Å². The molecule has 0 aliphatic heterocycles. The highest BCUT2D eigenvalue weighted by Crippen LogP contribution is 2.27. The van der Waals surface area contributed by atoms with E-state index >= 15 is 0 Å². The molecule has 1 amide bonds. The number of nitrogens with zero attached hydrogens (tertiary/aromatic N) is 1. The van der Waals surface area contributed by atoms with Crippen molar-refractivity contribution in [3.05, 3.63) is 83.2 Å².